The minimum atomic E-state index is 0.0430. The quantitative estimate of drug-likeness (QED) is 0.744. The van der Waals surface area contributed by atoms with Crippen molar-refractivity contribution in [3.63, 3.8) is 0 Å². The van der Waals surface area contributed by atoms with E-state index in [1.165, 1.54) is 12.8 Å². The molecule has 1 aliphatic heterocycles. The Labute approximate surface area is 97.8 Å². The lowest BCUT2D eigenvalue weighted by atomic mass is 10.1. The molecule has 0 aromatic carbocycles. The van der Waals surface area contributed by atoms with Crippen molar-refractivity contribution in [1.29, 1.82) is 0 Å². The van der Waals surface area contributed by atoms with E-state index >= 15 is 0 Å². The normalized spacial score (nSPS) is 24.6. The summed E-state index contributed by atoms with van der Waals surface area (Å²) in [6.07, 6.45) is 6.99. The molecule has 2 rings (SSSR count). The fraction of sp³-hybridized carbons (Fsp3) is 0.917. The van der Waals surface area contributed by atoms with E-state index in [0.717, 1.165) is 38.8 Å². The number of nitrogens with one attached hydrogen (secondary N) is 2. The molecule has 0 unspecified atom stereocenters. The van der Waals surface area contributed by atoms with Crippen LogP contribution in [0.15, 0.2) is 0 Å². The Balaban J connectivity index is 1.66. The van der Waals surface area contributed by atoms with Gasteiger partial charge in [-0.25, -0.2) is 4.79 Å². The van der Waals surface area contributed by atoms with Gasteiger partial charge in [-0.05, 0) is 45.8 Å². The van der Waals surface area contributed by atoms with Gasteiger partial charge >= 0.3 is 6.03 Å². The van der Waals surface area contributed by atoms with Gasteiger partial charge in [0.05, 0.1) is 0 Å². The van der Waals surface area contributed by atoms with Gasteiger partial charge in [-0.3, -0.25) is 0 Å². The summed E-state index contributed by atoms with van der Waals surface area (Å²) in [5.74, 6) is 0. The Kier molecular flexibility index (Phi) is 4.04. The number of carbonyl (C=O) groups is 1. The van der Waals surface area contributed by atoms with Crippen LogP contribution >= 0.6 is 0 Å². The van der Waals surface area contributed by atoms with Crippen molar-refractivity contribution in [2.45, 2.75) is 50.6 Å². The van der Waals surface area contributed by atoms with Gasteiger partial charge in [0.2, 0.25) is 0 Å². The predicted octanol–water partition coefficient (Wildman–Crippen LogP) is 1.32. The second-order valence-electron chi connectivity index (χ2n) is 5.18. The van der Waals surface area contributed by atoms with Crippen molar-refractivity contribution in [2.75, 3.05) is 20.1 Å². The molecule has 0 spiro atoms. The van der Waals surface area contributed by atoms with E-state index in [4.69, 9.17) is 0 Å². The highest BCUT2D eigenvalue weighted by Gasteiger charge is 2.21. The smallest absolute Gasteiger partial charge is 0.315 e. The first kappa shape index (κ1) is 11.7. The molecule has 0 aromatic rings. The Hall–Kier alpha value is -0.770. The number of hydrogen-bond donors (Lipinski definition) is 2. The molecule has 1 heterocycles. The molecule has 0 aromatic heterocycles. The number of carbonyl (C=O) groups excluding carboxylic acids is 1. The Morgan fingerprint density at radius 1 is 1.00 bits per heavy atom. The molecular weight excluding hydrogens is 202 g/mol. The molecule has 1 saturated heterocycles. The van der Waals surface area contributed by atoms with E-state index in [-0.39, 0.29) is 6.03 Å². The van der Waals surface area contributed by atoms with Crippen molar-refractivity contribution in [1.82, 2.24) is 15.5 Å². The molecule has 4 nitrogen and oxygen atoms in total. The molecule has 2 aliphatic rings. The maximum atomic E-state index is 11.7. The molecular formula is C12H23N3O. The summed E-state index contributed by atoms with van der Waals surface area (Å²) in [4.78, 5) is 14.0. The summed E-state index contributed by atoms with van der Waals surface area (Å²) in [5, 5.41) is 6.16. The highest BCUT2D eigenvalue weighted by atomic mass is 16.2. The average Bonchev–Trinajstić information content (AvgIpc) is 2.74. The monoisotopic (exact) mass is 225 g/mol. The van der Waals surface area contributed by atoms with Crippen LogP contribution < -0.4 is 10.6 Å². The lowest BCUT2D eigenvalue weighted by Gasteiger charge is -2.29. The highest BCUT2D eigenvalue weighted by molar-refractivity contribution is 5.74. The minimum Gasteiger partial charge on any atom is -0.335 e. The number of urea groups is 1. The predicted molar refractivity (Wildman–Crippen MR) is 64.4 cm³/mol. The fourth-order valence-corrected chi connectivity index (χ4v) is 2.64. The molecule has 0 atom stereocenters. The third kappa shape index (κ3) is 3.37. The second-order valence-corrected chi connectivity index (χ2v) is 5.18. The molecule has 4 heteroatoms. The van der Waals surface area contributed by atoms with Crippen molar-refractivity contribution in [3.05, 3.63) is 0 Å². The summed E-state index contributed by atoms with van der Waals surface area (Å²) < 4.78 is 0. The number of piperidine rings is 1. The van der Waals surface area contributed by atoms with Gasteiger partial charge < -0.3 is 15.5 Å². The first-order valence-electron chi connectivity index (χ1n) is 6.49. The lowest BCUT2D eigenvalue weighted by Crippen LogP contribution is -2.49. The molecule has 1 aliphatic carbocycles. The topological polar surface area (TPSA) is 44.4 Å². The van der Waals surface area contributed by atoms with Crippen LogP contribution in [-0.4, -0.2) is 43.2 Å². The Morgan fingerprint density at radius 3 is 2.06 bits per heavy atom. The molecule has 16 heavy (non-hydrogen) atoms. The van der Waals surface area contributed by atoms with E-state index in [1.807, 2.05) is 0 Å². The number of rotatable bonds is 2. The zero-order valence-electron chi connectivity index (χ0n) is 10.2. The molecule has 2 amide bonds. The first-order chi connectivity index (χ1) is 7.74. The van der Waals surface area contributed by atoms with Crippen LogP contribution in [0.25, 0.3) is 0 Å². The van der Waals surface area contributed by atoms with Gasteiger partial charge in [0.15, 0.2) is 0 Å². The van der Waals surface area contributed by atoms with E-state index in [1.54, 1.807) is 0 Å². The summed E-state index contributed by atoms with van der Waals surface area (Å²) in [6.45, 7) is 2.18. The van der Waals surface area contributed by atoms with Gasteiger partial charge in [-0.1, -0.05) is 12.8 Å². The number of amides is 2. The standard InChI is InChI=1S/C12H23N3O/c1-15-8-6-11(7-9-15)14-12(16)13-10-4-2-3-5-10/h10-11H,2-9H2,1H3,(H2,13,14,16). The van der Waals surface area contributed by atoms with Gasteiger partial charge in [0.25, 0.3) is 0 Å². The van der Waals surface area contributed by atoms with E-state index in [9.17, 15) is 4.79 Å². The van der Waals surface area contributed by atoms with Gasteiger partial charge in [-0.2, -0.15) is 0 Å². The Bertz CT molecular complexity index is 230. The van der Waals surface area contributed by atoms with Crippen LogP contribution in [0.2, 0.25) is 0 Å². The van der Waals surface area contributed by atoms with E-state index in [0.29, 0.717) is 12.1 Å². The van der Waals surface area contributed by atoms with Crippen LogP contribution in [-0.2, 0) is 0 Å². The van der Waals surface area contributed by atoms with Gasteiger partial charge in [0.1, 0.15) is 0 Å². The maximum Gasteiger partial charge on any atom is 0.315 e. The first-order valence-corrected chi connectivity index (χ1v) is 6.49. The van der Waals surface area contributed by atoms with Crippen LogP contribution in [0.4, 0.5) is 4.79 Å². The fourth-order valence-electron chi connectivity index (χ4n) is 2.64. The molecule has 0 radical (unpaired) electrons. The van der Waals surface area contributed by atoms with E-state index < -0.39 is 0 Å². The number of hydrogen-bond acceptors (Lipinski definition) is 2. The van der Waals surface area contributed by atoms with Crippen LogP contribution in [0.3, 0.4) is 0 Å². The van der Waals surface area contributed by atoms with Crippen LogP contribution in [0.5, 0.6) is 0 Å². The molecule has 92 valence electrons. The van der Waals surface area contributed by atoms with Crippen molar-refractivity contribution in [2.24, 2.45) is 0 Å². The summed E-state index contributed by atoms with van der Waals surface area (Å²) in [5.41, 5.74) is 0. The van der Waals surface area contributed by atoms with Crippen molar-refractivity contribution >= 4 is 6.03 Å². The summed E-state index contributed by atoms with van der Waals surface area (Å²) >= 11 is 0. The van der Waals surface area contributed by atoms with Crippen molar-refractivity contribution in [3.8, 4) is 0 Å². The van der Waals surface area contributed by atoms with Crippen LogP contribution in [0.1, 0.15) is 38.5 Å². The van der Waals surface area contributed by atoms with Crippen molar-refractivity contribution < 1.29 is 4.79 Å². The second kappa shape index (κ2) is 5.53. The molecule has 2 N–H and O–H groups in total. The third-order valence-electron chi connectivity index (χ3n) is 3.74. The molecule has 0 bridgehead atoms. The lowest BCUT2D eigenvalue weighted by molar-refractivity contribution is 0.211. The maximum absolute atomic E-state index is 11.7. The average molecular weight is 225 g/mol. The SMILES string of the molecule is CN1CCC(NC(=O)NC2CCCC2)CC1. The minimum absolute atomic E-state index is 0.0430. The highest BCUT2D eigenvalue weighted by Crippen LogP contribution is 2.17. The summed E-state index contributed by atoms with van der Waals surface area (Å²) in [6, 6.07) is 0.838. The number of likely N-dealkylation sites (tertiary alicyclic amines) is 1. The molecule has 1 saturated carbocycles. The van der Waals surface area contributed by atoms with Crippen LogP contribution in [0, 0.1) is 0 Å². The Morgan fingerprint density at radius 2 is 1.50 bits per heavy atom. The number of nitrogens with zero attached hydrogens (tertiary/aromatic N) is 1. The molecule has 2 fully saturated rings. The third-order valence-corrected chi connectivity index (χ3v) is 3.74. The summed E-state index contributed by atoms with van der Waals surface area (Å²) in [7, 11) is 2.13. The van der Waals surface area contributed by atoms with E-state index in [2.05, 4.69) is 22.6 Å². The van der Waals surface area contributed by atoms with Gasteiger partial charge in [0, 0.05) is 12.1 Å². The van der Waals surface area contributed by atoms with Gasteiger partial charge in [-0.15, -0.1) is 0 Å². The zero-order valence-corrected chi connectivity index (χ0v) is 10.2. The largest absolute Gasteiger partial charge is 0.335 e. The zero-order chi connectivity index (χ0) is 11.4.